The van der Waals surface area contributed by atoms with Crippen LogP contribution >= 0.6 is 11.6 Å². The predicted octanol–water partition coefficient (Wildman–Crippen LogP) is 2.07. The van der Waals surface area contributed by atoms with Crippen LogP contribution in [-0.4, -0.2) is 24.4 Å². The molecule has 0 spiro atoms. The SMILES string of the molecule is CN(CC#N)C(=O)c1ccc(F)c(Cl)c1. The summed E-state index contributed by atoms with van der Waals surface area (Å²) >= 11 is 5.53. The van der Waals surface area contributed by atoms with Gasteiger partial charge in [-0.2, -0.15) is 5.26 Å². The molecule has 15 heavy (non-hydrogen) atoms. The lowest BCUT2D eigenvalue weighted by Crippen LogP contribution is -2.26. The van der Waals surface area contributed by atoms with Crippen molar-refractivity contribution in [2.75, 3.05) is 13.6 Å². The van der Waals surface area contributed by atoms with E-state index in [9.17, 15) is 9.18 Å². The average molecular weight is 227 g/mol. The Balaban J connectivity index is 2.93. The summed E-state index contributed by atoms with van der Waals surface area (Å²) in [5.74, 6) is -0.936. The Bertz CT molecular complexity index is 428. The van der Waals surface area contributed by atoms with Crippen LogP contribution in [0.5, 0.6) is 0 Å². The summed E-state index contributed by atoms with van der Waals surface area (Å²) in [4.78, 5) is 12.8. The molecule has 1 amide bonds. The van der Waals surface area contributed by atoms with E-state index in [0.29, 0.717) is 0 Å². The number of nitrogens with zero attached hydrogens (tertiary/aromatic N) is 2. The molecule has 3 nitrogen and oxygen atoms in total. The minimum absolute atomic E-state index is 0.0200. The number of carbonyl (C=O) groups excluding carboxylic acids is 1. The van der Waals surface area contributed by atoms with Gasteiger partial charge in [0.05, 0.1) is 11.1 Å². The summed E-state index contributed by atoms with van der Waals surface area (Å²) in [6, 6.07) is 5.54. The molecule has 0 radical (unpaired) electrons. The van der Waals surface area contributed by atoms with E-state index < -0.39 is 5.82 Å². The van der Waals surface area contributed by atoms with Crippen LogP contribution in [0, 0.1) is 17.1 Å². The Hall–Kier alpha value is -1.60. The van der Waals surface area contributed by atoms with Crippen LogP contribution in [0.15, 0.2) is 18.2 Å². The summed E-state index contributed by atoms with van der Waals surface area (Å²) in [7, 11) is 1.49. The van der Waals surface area contributed by atoms with Gasteiger partial charge in [0.1, 0.15) is 12.4 Å². The molecule has 0 N–H and O–H groups in total. The smallest absolute Gasteiger partial charge is 0.254 e. The van der Waals surface area contributed by atoms with Gasteiger partial charge >= 0.3 is 0 Å². The number of halogens is 2. The van der Waals surface area contributed by atoms with E-state index in [2.05, 4.69) is 0 Å². The van der Waals surface area contributed by atoms with E-state index in [1.165, 1.54) is 24.1 Å². The quantitative estimate of drug-likeness (QED) is 0.725. The van der Waals surface area contributed by atoms with Crippen LogP contribution < -0.4 is 0 Å². The lowest BCUT2D eigenvalue weighted by Gasteiger charge is -2.12. The fraction of sp³-hybridized carbons (Fsp3) is 0.200. The first-order chi connectivity index (χ1) is 7.06. The Morgan fingerprint density at radius 1 is 1.67 bits per heavy atom. The molecule has 0 aliphatic heterocycles. The van der Waals surface area contributed by atoms with Gasteiger partial charge in [0.25, 0.3) is 5.91 Å². The van der Waals surface area contributed by atoms with Gasteiger partial charge in [-0.15, -0.1) is 0 Å². The van der Waals surface area contributed by atoms with E-state index in [-0.39, 0.29) is 23.0 Å². The Kier molecular flexibility index (Phi) is 3.64. The van der Waals surface area contributed by atoms with Crippen molar-refractivity contribution in [1.82, 2.24) is 4.90 Å². The number of hydrogen-bond acceptors (Lipinski definition) is 2. The molecule has 0 saturated carbocycles. The molecule has 0 fully saturated rings. The highest BCUT2D eigenvalue weighted by Gasteiger charge is 2.12. The zero-order chi connectivity index (χ0) is 11.4. The van der Waals surface area contributed by atoms with Crippen molar-refractivity contribution in [3.05, 3.63) is 34.6 Å². The molecule has 1 rings (SSSR count). The van der Waals surface area contributed by atoms with Gasteiger partial charge in [0.2, 0.25) is 0 Å². The van der Waals surface area contributed by atoms with E-state index in [0.717, 1.165) is 6.07 Å². The maximum Gasteiger partial charge on any atom is 0.254 e. The zero-order valence-electron chi connectivity index (χ0n) is 8.00. The van der Waals surface area contributed by atoms with Gasteiger partial charge in [-0.25, -0.2) is 4.39 Å². The van der Waals surface area contributed by atoms with E-state index in [4.69, 9.17) is 16.9 Å². The molecule has 0 saturated heterocycles. The van der Waals surface area contributed by atoms with Crippen molar-refractivity contribution >= 4 is 17.5 Å². The zero-order valence-corrected chi connectivity index (χ0v) is 8.75. The number of rotatable bonds is 2. The monoisotopic (exact) mass is 226 g/mol. The first-order valence-electron chi connectivity index (χ1n) is 4.13. The number of amides is 1. The molecular weight excluding hydrogens is 219 g/mol. The summed E-state index contributed by atoms with van der Waals surface area (Å²) in [5, 5.41) is 8.30. The lowest BCUT2D eigenvalue weighted by molar-refractivity contribution is 0.0812. The first kappa shape index (κ1) is 11.5. The molecule has 1 aromatic rings. The molecule has 0 atom stereocenters. The van der Waals surface area contributed by atoms with E-state index in [1.807, 2.05) is 6.07 Å². The summed E-state index contributed by atoms with van der Waals surface area (Å²) in [5.41, 5.74) is 0.263. The minimum atomic E-state index is -0.573. The predicted molar refractivity (Wildman–Crippen MR) is 54.0 cm³/mol. The van der Waals surface area contributed by atoms with Crippen molar-refractivity contribution in [3.8, 4) is 6.07 Å². The second-order valence-corrected chi connectivity index (χ2v) is 3.36. The van der Waals surface area contributed by atoms with E-state index >= 15 is 0 Å². The molecule has 0 aliphatic carbocycles. The molecule has 1 aromatic carbocycles. The van der Waals surface area contributed by atoms with Gasteiger partial charge < -0.3 is 4.90 Å². The number of hydrogen-bond donors (Lipinski definition) is 0. The third-order valence-electron chi connectivity index (χ3n) is 1.82. The first-order valence-corrected chi connectivity index (χ1v) is 4.51. The van der Waals surface area contributed by atoms with Crippen LogP contribution in [-0.2, 0) is 0 Å². The second kappa shape index (κ2) is 4.76. The highest BCUT2D eigenvalue weighted by molar-refractivity contribution is 6.31. The molecule has 0 bridgehead atoms. The number of carbonyl (C=O) groups is 1. The van der Waals surface area contributed by atoms with Gasteiger partial charge in [0.15, 0.2) is 0 Å². The van der Waals surface area contributed by atoms with Crippen molar-refractivity contribution in [2.24, 2.45) is 0 Å². The van der Waals surface area contributed by atoms with Crippen molar-refractivity contribution in [2.45, 2.75) is 0 Å². The van der Waals surface area contributed by atoms with Crippen LogP contribution in [0.4, 0.5) is 4.39 Å². The fourth-order valence-corrected chi connectivity index (χ4v) is 1.21. The van der Waals surface area contributed by atoms with E-state index in [1.54, 1.807) is 0 Å². The van der Waals surface area contributed by atoms with Gasteiger partial charge in [-0.3, -0.25) is 4.79 Å². The highest BCUT2D eigenvalue weighted by Crippen LogP contribution is 2.16. The second-order valence-electron chi connectivity index (χ2n) is 2.95. The topological polar surface area (TPSA) is 44.1 Å². The molecule has 0 heterocycles. The van der Waals surface area contributed by atoms with Crippen molar-refractivity contribution in [3.63, 3.8) is 0 Å². The maximum absolute atomic E-state index is 12.8. The number of benzene rings is 1. The average Bonchev–Trinajstić information content (AvgIpc) is 2.21. The normalized spacial score (nSPS) is 9.47. The molecule has 78 valence electrons. The van der Waals surface area contributed by atoms with Crippen molar-refractivity contribution in [1.29, 1.82) is 5.26 Å². The van der Waals surface area contributed by atoms with Crippen LogP contribution in [0.1, 0.15) is 10.4 Å². The molecular formula is C10H8ClFN2O. The summed E-state index contributed by atoms with van der Waals surface area (Å²) < 4.78 is 12.8. The molecule has 0 unspecified atom stereocenters. The third-order valence-corrected chi connectivity index (χ3v) is 2.11. The van der Waals surface area contributed by atoms with Gasteiger partial charge in [-0.1, -0.05) is 11.6 Å². The molecule has 0 aliphatic rings. The van der Waals surface area contributed by atoms with Crippen molar-refractivity contribution < 1.29 is 9.18 Å². The minimum Gasteiger partial charge on any atom is -0.328 e. The Morgan fingerprint density at radius 2 is 2.33 bits per heavy atom. The van der Waals surface area contributed by atoms with Crippen LogP contribution in [0.25, 0.3) is 0 Å². The molecule has 5 heteroatoms. The van der Waals surface area contributed by atoms with Crippen LogP contribution in [0.2, 0.25) is 5.02 Å². The molecule has 0 aromatic heterocycles. The maximum atomic E-state index is 12.8. The fourth-order valence-electron chi connectivity index (χ4n) is 1.03. The number of nitriles is 1. The summed E-state index contributed by atoms with van der Waals surface area (Å²) in [6.45, 7) is -0.0200. The lowest BCUT2D eigenvalue weighted by atomic mass is 10.2. The third kappa shape index (κ3) is 2.67. The Morgan fingerprint density at radius 3 is 2.87 bits per heavy atom. The highest BCUT2D eigenvalue weighted by atomic mass is 35.5. The van der Waals surface area contributed by atoms with Gasteiger partial charge in [-0.05, 0) is 18.2 Å². The Labute approximate surface area is 91.7 Å². The largest absolute Gasteiger partial charge is 0.328 e. The summed E-state index contributed by atoms with van der Waals surface area (Å²) in [6.07, 6.45) is 0. The van der Waals surface area contributed by atoms with Gasteiger partial charge in [0, 0.05) is 12.6 Å². The van der Waals surface area contributed by atoms with Crippen LogP contribution in [0.3, 0.4) is 0 Å². The standard InChI is InChI=1S/C10H8ClFN2O/c1-14(5-4-13)10(15)7-2-3-9(12)8(11)6-7/h2-3,6H,5H2,1H3.